The fourth-order valence-corrected chi connectivity index (χ4v) is 1.71. The summed E-state index contributed by atoms with van der Waals surface area (Å²) in [5, 5.41) is 0. The minimum atomic E-state index is -0.725. The summed E-state index contributed by atoms with van der Waals surface area (Å²) in [7, 11) is 0. The highest BCUT2D eigenvalue weighted by Crippen LogP contribution is 2.20. The summed E-state index contributed by atoms with van der Waals surface area (Å²) in [6.07, 6.45) is 0. The van der Waals surface area contributed by atoms with E-state index in [-0.39, 0.29) is 22.9 Å². The summed E-state index contributed by atoms with van der Waals surface area (Å²) in [6, 6.07) is 6.83. The molecule has 0 saturated heterocycles. The van der Waals surface area contributed by atoms with Crippen LogP contribution in [-0.4, -0.2) is 4.99 Å². The molecule has 0 aliphatic rings. The van der Waals surface area contributed by atoms with Gasteiger partial charge in [0.2, 0.25) is 0 Å². The van der Waals surface area contributed by atoms with Gasteiger partial charge in [-0.25, -0.2) is 13.2 Å². The van der Waals surface area contributed by atoms with Gasteiger partial charge in [0.1, 0.15) is 23.2 Å². The van der Waals surface area contributed by atoms with E-state index in [1.165, 1.54) is 18.2 Å². The lowest BCUT2D eigenvalue weighted by atomic mass is 10.1. The van der Waals surface area contributed by atoms with E-state index in [1.54, 1.807) is 0 Å². The minimum Gasteiger partial charge on any atom is -0.486 e. The molecule has 2 rings (SSSR count). The van der Waals surface area contributed by atoms with Gasteiger partial charge in [0.05, 0.1) is 0 Å². The van der Waals surface area contributed by atoms with Crippen LogP contribution in [0.25, 0.3) is 0 Å². The number of halogens is 3. The monoisotopic (exact) mass is 297 g/mol. The molecule has 0 heterocycles. The van der Waals surface area contributed by atoms with Gasteiger partial charge in [-0.15, -0.1) is 0 Å². The maximum absolute atomic E-state index is 13.6. The van der Waals surface area contributed by atoms with E-state index in [0.717, 1.165) is 18.2 Å². The topological polar surface area (TPSA) is 35.2 Å². The van der Waals surface area contributed by atoms with Crippen LogP contribution in [0.2, 0.25) is 0 Å². The van der Waals surface area contributed by atoms with Crippen molar-refractivity contribution < 1.29 is 17.9 Å². The number of ether oxygens (including phenoxy) is 1. The van der Waals surface area contributed by atoms with Gasteiger partial charge in [0, 0.05) is 17.2 Å². The second-order valence-electron chi connectivity index (χ2n) is 4.03. The van der Waals surface area contributed by atoms with Gasteiger partial charge in [0.25, 0.3) is 0 Å². The second-order valence-corrected chi connectivity index (χ2v) is 4.47. The molecule has 6 heteroatoms. The van der Waals surface area contributed by atoms with E-state index >= 15 is 0 Å². The lowest BCUT2D eigenvalue weighted by molar-refractivity contribution is 0.283. The fraction of sp³-hybridized carbons (Fsp3) is 0.0714. The summed E-state index contributed by atoms with van der Waals surface area (Å²) in [6.45, 7) is -0.261. The summed E-state index contributed by atoms with van der Waals surface area (Å²) < 4.78 is 45.0. The standard InChI is InChI=1S/C14H10F3NOS/c15-10-2-4-12(17)13(6-10)19-7-9-5-8(14(18)20)1-3-11(9)16/h1-6H,7H2,(H2,18,20). The lowest BCUT2D eigenvalue weighted by Crippen LogP contribution is -2.11. The largest absolute Gasteiger partial charge is 0.486 e. The van der Waals surface area contributed by atoms with Crippen LogP contribution in [-0.2, 0) is 6.61 Å². The van der Waals surface area contributed by atoms with E-state index < -0.39 is 17.5 Å². The normalized spacial score (nSPS) is 10.3. The quantitative estimate of drug-likeness (QED) is 0.879. The van der Waals surface area contributed by atoms with E-state index in [9.17, 15) is 13.2 Å². The highest BCUT2D eigenvalue weighted by molar-refractivity contribution is 7.80. The van der Waals surface area contributed by atoms with E-state index in [1.807, 2.05) is 0 Å². The van der Waals surface area contributed by atoms with Crippen LogP contribution in [0.3, 0.4) is 0 Å². The molecule has 0 fully saturated rings. The van der Waals surface area contributed by atoms with Crippen LogP contribution in [0.15, 0.2) is 36.4 Å². The lowest BCUT2D eigenvalue weighted by Gasteiger charge is -2.09. The van der Waals surface area contributed by atoms with E-state index in [0.29, 0.717) is 5.56 Å². The molecule has 2 nitrogen and oxygen atoms in total. The minimum absolute atomic E-state index is 0.114. The number of hydrogen-bond donors (Lipinski definition) is 1. The molecule has 0 amide bonds. The first-order valence-electron chi connectivity index (χ1n) is 5.63. The Kier molecular flexibility index (Phi) is 4.24. The molecular weight excluding hydrogens is 287 g/mol. The predicted octanol–water partition coefficient (Wildman–Crippen LogP) is 3.32. The first kappa shape index (κ1) is 14.3. The highest BCUT2D eigenvalue weighted by Gasteiger charge is 2.09. The number of rotatable bonds is 4. The number of benzene rings is 2. The first-order chi connectivity index (χ1) is 9.47. The second kappa shape index (κ2) is 5.92. The van der Waals surface area contributed by atoms with Crippen LogP contribution in [0.1, 0.15) is 11.1 Å². The molecule has 0 aliphatic carbocycles. The van der Waals surface area contributed by atoms with Gasteiger partial charge >= 0.3 is 0 Å². The highest BCUT2D eigenvalue weighted by atomic mass is 32.1. The average Bonchev–Trinajstić information content (AvgIpc) is 2.41. The van der Waals surface area contributed by atoms with Crippen LogP contribution in [0.4, 0.5) is 13.2 Å². The molecule has 0 spiro atoms. The zero-order chi connectivity index (χ0) is 14.7. The predicted molar refractivity (Wildman–Crippen MR) is 73.0 cm³/mol. The Morgan fingerprint density at radius 2 is 1.75 bits per heavy atom. The maximum Gasteiger partial charge on any atom is 0.165 e. The number of hydrogen-bond acceptors (Lipinski definition) is 2. The smallest absolute Gasteiger partial charge is 0.165 e. The van der Waals surface area contributed by atoms with Crippen molar-refractivity contribution in [2.75, 3.05) is 0 Å². The van der Waals surface area contributed by atoms with Crippen molar-refractivity contribution in [1.29, 1.82) is 0 Å². The van der Waals surface area contributed by atoms with Gasteiger partial charge in [-0.3, -0.25) is 0 Å². The Hall–Kier alpha value is -2.08. The Balaban J connectivity index is 2.20. The molecule has 0 bridgehead atoms. The van der Waals surface area contributed by atoms with Gasteiger partial charge in [0.15, 0.2) is 11.6 Å². The van der Waals surface area contributed by atoms with E-state index in [2.05, 4.69) is 0 Å². The molecule has 2 aromatic rings. The SMILES string of the molecule is NC(=S)c1ccc(F)c(COc2cc(F)ccc2F)c1. The summed E-state index contributed by atoms with van der Waals surface area (Å²) in [5.74, 6) is -2.19. The zero-order valence-electron chi connectivity index (χ0n) is 10.2. The fourth-order valence-electron chi connectivity index (χ4n) is 1.58. The van der Waals surface area contributed by atoms with Crippen LogP contribution in [0, 0.1) is 17.5 Å². The Morgan fingerprint density at radius 1 is 1.05 bits per heavy atom. The molecule has 0 atom stereocenters. The first-order valence-corrected chi connectivity index (χ1v) is 6.04. The zero-order valence-corrected chi connectivity index (χ0v) is 11.0. The molecule has 0 radical (unpaired) electrons. The van der Waals surface area contributed by atoms with Crippen molar-refractivity contribution in [3.8, 4) is 5.75 Å². The van der Waals surface area contributed by atoms with Gasteiger partial charge in [-0.1, -0.05) is 12.2 Å². The van der Waals surface area contributed by atoms with Gasteiger partial charge < -0.3 is 10.5 Å². The van der Waals surface area contributed by atoms with Crippen molar-refractivity contribution in [1.82, 2.24) is 0 Å². The van der Waals surface area contributed by atoms with E-state index in [4.69, 9.17) is 22.7 Å². The number of thiocarbonyl (C=S) groups is 1. The summed E-state index contributed by atoms with van der Waals surface area (Å²) in [4.78, 5) is 0.114. The van der Waals surface area contributed by atoms with Crippen molar-refractivity contribution in [3.05, 3.63) is 65.0 Å². The molecule has 2 aromatic carbocycles. The third-order valence-corrected chi connectivity index (χ3v) is 2.84. The molecule has 2 N–H and O–H groups in total. The van der Waals surface area contributed by atoms with Gasteiger partial charge in [-0.05, 0) is 30.3 Å². The molecule has 0 saturated carbocycles. The average molecular weight is 297 g/mol. The van der Waals surface area contributed by atoms with Crippen LogP contribution >= 0.6 is 12.2 Å². The summed E-state index contributed by atoms with van der Waals surface area (Å²) >= 11 is 4.79. The van der Waals surface area contributed by atoms with Gasteiger partial charge in [-0.2, -0.15) is 0 Å². The number of nitrogens with two attached hydrogens (primary N) is 1. The summed E-state index contributed by atoms with van der Waals surface area (Å²) in [5.41, 5.74) is 6.07. The van der Waals surface area contributed by atoms with Crippen molar-refractivity contribution >= 4 is 17.2 Å². The van der Waals surface area contributed by atoms with Crippen LogP contribution < -0.4 is 10.5 Å². The molecule has 0 aromatic heterocycles. The third-order valence-electron chi connectivity index (χ3n) is 2.61. The van der Waals surface area contributed by atoms with Crippen molar-refractivity contribution in [2.45, 2.75) is 6.61 Å². The van der Waals surface area contributed by atoms with Crippen molar-refractivity contribution in [3.63, 3.8) is 0 Å². The molecule has 0 aliphatic heterocycles. The Morgan fingerprint density at radius 3 is 2.45 bits per heavy atom. The Labute approximate surface area is 119 Å². The molecule has 104 valence electrons. The van der Waals surface area contributed by atoms with Crippen molar-refractivity contribution in [2.24, 2.45) is 5.73 Å². The molecular formula is C14H10F3NOS. The molecule has 0 unspecified atom stereocenters. The Bertz CT molecular complexity index is 661. The third kappa shape index (κ3) is 3.27. The maximum atomic E-state index is 13.6. The molecule has 20 heavy (non-hydrogen) atoms. The van der Waals surface area contributed by atoms with Crippen LogP contribution in [0.5, 0.6) is 5.75 Å².